The summed E-state index contributed by atoms with van der Waals surface area (Å²) >= 11 is 0. The van der Waals surface area contributed by atoms with Crippen LogP contribution in [0, 0.1) is 5.41 Å². The number of aromatic nitrogens is 3. The van der Waals surface area contributed by atoms with Gasteiger partial charge in [0.2, 0.25) is 5.88 Å². The molecule has 158 valence electrons. The third-order valence-electron chi connectivity index (χ3n) is 4.28. The predicted octanol–water partition coefficient (Wildman–Crippen LogP) is 1.14. The number of hydrogen-bond acceptors (Lipinski definition) is 7. The Bertz CT molecular complexity index is 982. The smallest absolute Gasteiger partial charge is 0.291 e. The SMILES string of the molecule is COCCO/N=C/c1cc2n(CC(C)(C)C)c(O)c(C(=O)NC3CC3)c(=O)n2n1. The molecular weight excluding hydrogens is 378 g/mol. The maximum atomic E-state index is 12.9. The van der Waals surface area contributed by atoms with Crippen molar-refractivity contribution in [3.63, 3.8) is 0 Å². The average molecular weight is 405 g/mol. The number of fused-ring (bicyclic) bond motifs is 1. The fourth-order valence-electron chi connectivity index (χ4n) is 2.82. The number of hydrogen-bond donors (Lipinski definition) is 2. The Morgan fingerprint density at radius 2 is 2.14 bits per heavy atom. The molecule has 0 radical (unpaired) electrons. The zero-order valence-electron chi connectivity index (χ0n) is 17.1. The van der Waals surface area contributed by atoms with Gasteiger partial charge in [0.1, 0.15) is 17.9 Å². The van der Waals surface area contributed by atoms with Crippen LogP contribution in [0.1, 0.15) is 49.7 Å². The van der Waals surface area contributed by atoms with E-state index in [9.17, 15) is 14.7 Å². The number of methoxy groups -OCH3 is 1. The van der Waals surface area contributed by atoms with E-state index in [0.717, 1.165) is 17.4 Å². The van der Waals surface area contributed by atoms with Gasteiger partial charge in [-0.2, -0.15) is 9.61 Å². The van der Waals surface area contributed by atoms with Crippen molar-refractivity contribution >= 4 is 17.8 Å². The molecule has 1 saturated carbocycles. The fourth-order valence-corrected chi connectivity index (χ4v) is 2.82. The number of nitrogens with zero attached hydrogens (tertiary/aromatic N) is 4. The van der Waals surface area contributed by atoms with Crippen LogP contribution in [0.25, 0.3) is 5.65 Å². The van der Waals surface area contributed by atoms with Crippen LogP contribution in [-0.2, 0) is 16.1 Å². The maximum Gasteiger partial charge on any atom is 0.291 e. The molecular formula is C19H27N5O5. The quantitative estimate of drug-likeness (QED) is 0.386. The second kappa shape index (κ2) is 8.24. The van der Waals surface area contributed by atoms with Crippen LogP contribution in [0.5, 0.6) is 5.88 Å². The first-order chi connectivity index (χ1) is 13.7. The first kappa shape index (κ1) is 20.8. The Morgan fingerprint density at radius 3 is 2.76 bits per heavy atom. The Balaban J connectivity index is 2.05. The van der Waals surface area contributed by atoms with Gasteiger partial charge in [-0.1, -0.05) is 25.9 Å². The Hall–Kier alpha value is -2.88. The van der Waals surface area contributed by atoms with Crippen molar-refractivity contribution in [1.82, 2.24) is 19.5 Å². The molecule has 3 rings (SSSR count). The number of rotatable bonds is 8. The summed E-state index contributed by atoms with van der Waals surface area (Å²) in [5, 5.41) is 21.6. The molecule has 0 unspecified atom stereocenters. The monoisotopic (exact) mass is 405 g/mol. The van der Waals surface area contributed by atoms with E-state index in [1.54, 1.807) is 13.2 Å². The van der Waals surface area contributed by atoms with E-state index in [1.165, 1.54) is 10.8 Å². The highest BCUT2D eigenvalue weighted by Gasteiger charge is 2.30. The summed E-state index contributed by atoms with van der Waals surface area (Å²) in [4.78, 5) is 30.6. The number of ether oxygens (including phenoxy) is 1. The molecule has 1 fully saturated rings. The lowest BCUT2D eigenvalue weighted by Gasteiger charge is -2.23. The molecule has 0 aliphatic heterocycles. The molecule has 0 aromatic carbocycles. The lowest BCUT2D eigenvalue weighted by atomic mass is 9.96. The molecule has 0 spiro atoms. The fraction of sp³-hybridized carbons (Fsp3) is 0.579. The van der Waals surface area contributed by atoms with E-state index < -0.39 is 11.5 Å². The highest BCUT2D eigenvalue weighted by Crippen LogP contribution is 2.26. The van der Waals surface area contributed by atoms with Crippen molar-refractivity contribution < 1.29 is 19.5 Å². The highest BCUT2D eigenvalue weighted by atomic mass is 16.6. The maximum absolute atomic E-state index is 12.9. The standard InChI is InChI=1S/C19H27N5O5/c1-19(2,3)11-23-14-9-13(10-20-29-8-7-28-4)22-24(14)18(27)15(17(23)26)16(25)21-12-5-6-12/h9-10,12,26H,5-8,11H2,1-4H3,(H,21,25)/b20-10+. The predicted molar refractivity (Wildman–Crippen MR) is 106 cm³/mol. The van der Waals surface area contributed by atoms with Crippen molar-refractivity contribution in [3.8, 4) is 5.88 Å². The van der Waals surface area contributed by atoms with E-state index in [1.807, 2.05) is 20.8 Å². The number of aromatic hydroxyl groups is 1. The Morgan fingerprint density at radius 1 is 1.41 bits per heavy atom. The van der Waals surface area contributed by atoms with Crippen LogP contribution in [0.2, 0.25) is 0 Å². The summed E-state index contributed by atoms with van der Waals surface area (Å²) in [5.74, 6) is -0.955. The molecule has 10 nitrogen and oxygen atoms in total. The van der Waals surface area contributed by atoms with Crippen LogP contribution < -0.4 is 10.9 Å². The van der Waals surface area contributed by atoms with Crippen molar-refractivity contribution in [2.75, 3.05) is 20.3 Å². The lowest BCUT2D eigenvalue weighted by molar-refractivity contribution is 0.0759. The van der Waals surface area contributed by atoms with Gasteiger partial charge in [0.05, 0.1) is 12.8 Å². The molecule has 1 amide bonds. The molecule has 1 aliphatic rings. The van der Waals surface area contributed by atoms with Gasteiger partial charge < -0.3 is 20.0 Å². The molecule has 2 aromatic heterocycles. The molecule has 1 aliphatic carbocycles. The van der Waals surface area contributed by atoms with E-state index in [2.05, 4.69) is 15.6 Å². The highest BCUT2D eigenvalue weighted by molar-refractivity contribution is 5.96. The molecule has 0 saturated heterocycles. The third kappa shape index (κ3) is 4.94. The second-order valence-corrected chi connectivity index (χ2v) is 8.30. The first-order valence-electron chi connectivity index (χ1n) is 9.52. The summed E-state index contributed by atoms with van der Waals surface area (Å²) < 4.78 is 7.51. The number of oxime groups is 1. The van der Waals surface area contributed by atoms with Gasteiger partial charge in [0.15, 0.2) is 5.56 Å². The van der Waals surface area contributed by atoms with Crippen molar-refractivity contribution in [2.45, 2.75) is 46.2 Å². The first-order valence-corrected chi connectivity index (χ1v) is 9.52. The van der Waals surface area contributed by atoms with Crippen molar-refractivity contribution in [2.24, 2.45) is 10.6 Å². The normalized spacial score (nSPS) is 14.6. The topological polar surface area (TPSA) is 119 Å². The largest absolute Gasteiger partial charge is 0.494 e. The van der Waals surface area contributed by atoms with E-state index in [4.69, 9.17) is 9.57 Å². The number of carbonyl (C=O) groups excluding carboxylic acids is 1. The Labute approximate surface area is 168 Å². The van der Waals surface area contributed by atoms with E-state index in [0.29, 0.717) is 24.5 Å². The zero-order valence-corrected chi connectivity index (χ0v) is 17.1. The van der Waals surface area contributed by atoms with Crippen LogP contribution in [0.15, 0.2) is 16.0 Å². The van der Waals surface area contributed by atoms with E-state index >= 15 is 0 Å². The summed E-state index contributed by atoms with van der Waals surface area (Å²) in [6.07, 6.45) is 3.11. The van der Waals surface area contributed by atoms with Gasteiger partial charge in [-0.3, -0.25) is 14.2 Å². The number of amides is 1. The molecule has 2 N–H and O–H groups in total. The van der Waals surface area contributed by atoms with Gasteiger partial charge in [-0.05, 0) is 18.3 Å². The van der Waals surface area contributed by atoms with Gasteiger partial charge in [-0.15, -0.1) is 0 Å². The van der Waals surface area contributed by atoms with Gasteiger partial charge in [0.25, 0.3) is 11.5 Å². The number of carbonyl (C=O) groups is 1. The van der Waals surface area contributed by atoms with E-state index in [-0.39, 0.29) is 29.5 Å². The molecule has 2 aromatic rings. The van der Waals surface area contributed by atoms with Gasteiger partial charge in [-0.25, -0.2) is 0 Å². The minimum atomic E-state index is -0.680. The summed E-state index contributed by atoms with van der Waals surface area (Å²) in [6, 6.07) is 1.66. The van der Waals surface area contributed by atoms with Gasteiger partial charge >= 0.3 is 0 Å². The average Bonchev–Trinajstić information content (AvgIpc) is 3.33. The summed E-state index contributed by atoms with van der Waals surface area (Å²) in [6.45, 7) is 7.03. The molecule has 2 heterocycles. The molecule has 29 heavy (non-hydrogen) atoms. The van der Waals surface area contributed by atoms with Crippen LogP contribution >= 0.6 is 0 Å². The minimum Gasteiger partial charge on any atom is -0.494 e. The summed E-state index contributed by atoms with van der Waals surface area (Å²) in [5.41, 5.74) is -0.485. The van der Waals surface area contributed by atoms with Crippen LogP contribution in [-0.4, -0.2) is 57.8 Å². The molecule has 0 atom stereocenters. The van der Waals surface area contributed by atoms with Gasteiger partial charge in [0, 0.05) is 25.8 Å². The van der Waals surface area contributed by atoms with Crippen molar-refractivity contribution in [3.05, 3.63) is 27.7 Å². The summed E-state index contributed by atoms with van der Waals surface area (Å²) in [7, 11) is 1.56. The lowest BCUT2D eigenvalue weighted by Crippen LogP contribution is -2.35. The second-order valence-electron chi connectivity index (χ2n) is 8.30. The van der Waals surface area contributed by atoms with Crippen LogP contribution in [0.3, 0.4) is 0 Å². The Kier molecular flexibility index (Phi) is 5.92. The minimum absolute atomic E-state index is 0.0534. The van der Waals surface area contributed by atoms with Crippen molar-refractivity contribution in [1.29, 1.82) is 0 Å². The van der Waals surface area contributed by atoms with Crippen LogP contribution in [0.4, 0.5) is 0 Å². The zero-order chi connectivity index (χ0) is 21.2. The molecule has 10 heteroatoms. The third-order valence-corrected chi connectivity index (χ3v) is 4.28. The number of nitrogens with one attached hydrogen (secondary N) is 1. The molecule has 0 bridgehead atoms.